The van der Waals surface area contributed by atoms with E-state index in [-0.39, 0.29) is 5.82 Å². The molecule has 0 atom stereocenters. The predicted molar refractivity (Wildman–Crippen MR) is 109 cm³/mol. The van der Waals surface area contributed by atoms with E-state index in [2.05, 4.69) is 20.5 Å². The molecule has 0 saturated carbocycles. The van der Waals surface area contributed by atoms with Gasteiger partial charge in [-0.05, 0) is 42.5 Å². The van der Waals surface area contributed by atoms with Gasteiger partial charge in [0.25, 0.3) is 0 Å². The summed E-state index contributed by atoms with van der Waals surface area (Å²) in [6.45, 7) is 0. The van der Waals surface area contributed by atoms with Gasteiger partial charge in [0.05, 0.1) is 33.2 Å². The van der Waals surface area contributed by atoms with Crippen LogP contribution in [0.3, 0.4) is 0 Å². The predicted octanol–water partition coefficient (Wildman–Crippen LogP) is 2.93. The molecule has 148 valence electrons. The number of nitrogens with zero attached hydrogens (tertiary/aromatic N) is 3. The number of amides is 1. The average Bonchev–Trinajstić information content (AvgIpc) is 2.78. The minimum Gasteiger partial charge on any atom is -0.497 e. The third-order valence-electron chi connectivity index (χ3n) is 4.00. The van der Waals surface area contributed by atoms with Crippen LogP contribution in [0.15, 0.2) is 59.8 Å². The summed E-state index contributed by atoms with van der Waals surface area (Å²) in [6, 6.07) is 14.4. The summed E-state index contributed by atoms with van der Waals surface area (Å²) in [5.41, 5.74) is 4.59. The van der Waals surface area contributed by atoms with E-state index in [0.29, 0.717) is 22.8 Å². The molecule has 8 nitrogen and oxygen atoms in total. The lowest BCUT2D eigenvalue weighted by atomic mass is 10.1. The normalized spacial score (nSPS) is 10.6. The fraction of sp³-hybridized carbons (Fsp3) is 0.143. The quantitative estimate of drug-likeness (QED) is 0.491. The van der Waals surface area contributed by atoms with Crippen LogP contribution in [0.5, 0.6) is 17.2 Å². The summed E-state index contributed by atoms with van der Waals surface area (Å²) >= 11 is 0. The Hall–Kier alpha value is -3.94. The minimum atomic E-state index is -0.522. The van der Waals surface area contributed by atoms with Crippen molar-refractivity contribution in [3.63, 3.8) is 0 Å². The van der Waals surface area contributed by atoms with Crippen LogP contribution in [0, 0.1) is 0 Å². The first-order valence-corrected chi connectivity index (χ1v) is 8.67. The molecule has 1 amide bonds. The van der Waals surface area contributed by atoms with Crippen molar-refractivity contribution in [3.8, 4) is 28.5 Å². The van der Waals surface area contributed by atoms with Crippen molar-refractivity contribution in [1.82, 2.24) is 15.4 Å². The molecule has 0 aliphatic rings. The fourth-order valence-corrected chi connectivity index (χ4v) is 2.51. The molecule has 1 aromatic heterocycles. The van der Waals surface area contributed by atoms with Gasteiger partial charge in [-0.2, -0.15) is 5.10 Å². The van der Waals surface area contributed by atoms with Crippen LogP contribution in [0.25, 0.3) is 11.3 Å². The fourth-order valence-electron chi connectivity index (χ4n) is 2.51. The zero-order valence-corrected chi connectivity index (χ0v) is 16.2. The van der Waals surface area contributed by atoms with E-state index < -0.39 is 5.91 Å². The highest BCUT2D eigenvalue weighted by Crippen LogP contribution is 2.22. The Morgan fingerprint density at radius 2 is 1.59 bits per heavy atom. The second-order valence-electron chi connectivity index (χ2n) is 5.84. The largest absolute Gasteiger partial charge is 0.497 e. The van der Waals surface area contributed by atoms with E-state index in [4.69, 9.17) is 14.2 Å². The lowest BCUT2D eigenvalue weighted by molar-refractivity contribution is 0.0945. The van der Waals surface area contributed by atoms with Gasteiger partial charge in [0, 0.05) is 23.4 Å². The topological polar surface area (TPSA) is 94.9 Å². The Balaban J connectivity index is 1.72. The molecule has 0 radical (unpaired) electrons. The van der Waals surface area contributed by atoms with Gasteiger partial charge in [-0.3, -0.25) is 4.79 Å². The van der Waals surface area contributed by atoms with Crippen LogP contribution >= 0.6 is 0 Å². The van der Waals surface area contributed by atoms with Gasteiger partial charge in [-0.15, -0.1) is 0 Å². The van der Waals surface area contributed by atoms with Crippen molar-refractivity contribution in [2.75, 3.05) is 21.3 Å². The molecule has 3 rings (SSSR count). The Morgan fingerprint density at radius 3 is 2.21 bits per heavy atom. The molecule has 2 aromatic carbocycles. The Labute approximate surface area is 168 Å². The molecule has 3 aromatic rings. The van der Waals surface area contributed by atoms with Gasteiger partial charge in [-0.1, -0.05) is 0 Å². The maximum Gasteiger partial charge on any atom is 0.309 e. The molecular weight excluding hydrogens is 372 g/mol. The van der Waals surface area contributed by atoms with Gasteiger partial charge in [0.1, 0.15) is 17.2 Å². The van der Waals surface area contributed by atoms with Crippen molar-refractivity contribution in [1.29, 1.82) is 0 Å². The van der Waals surface area contributed by atoms with Gasteiger partial charge < -0.3 is 14.2 Å². The van der Waals surface area contributed by atoms with Crippen LogP contribution < -0.4 is 19.6 Å². The Bertz CT molecular complexity index is 997. The third kappa shape index (κ3) is 5.07. The molecule has 0 bridgehead atoms. The van der Waals surface area contributed by atoms with Crippen LogP contribution in [0.2, 0.25) is 0 Å². The number of aromatic nitrogens is 2. The Morgan fingerprint density at radius 1 is 0.931 bits per heavy atom. The van der Waals surface area contributed by atoms with E-state index in [0.717, 1.165) is 11.3 Å². The number of rotatable bonds is 7. The first-order valence-electron chi connectivity index (χ1n) is 8.67. The van der Waals surface area contributed by atoms with Gasteiger partial charge >= 0.3 is 5.91 Å². The SMILES string of the molecule is COc1ccc(-c2ccnc(C(=O)N/N=C/c3cc(OC)cc(OC)c3)n2)cc1. The third-order valence-corrected chi connectivity index (χ3v) is 4.00. The van der Waals surface area contributed by atoms with E-state index >= 15 is 0 Å². The number of carbonyl (C=O) groups excluding carboxylic acids is 1. The summed E-state index contributed by atoms with van der Waals surface area (Å²) in [7, 11) is 4.72. The maximum absolute atomic E-state index is 12.3. The van der Waals surface area contributed by atoms with E-state index in [9.17, 15) is 4.79 Å². The molecule has 8 heteroatoms. The number of hydrogen-bond donors (Lipinski definition) is 1. The number of methoxy groups -OCH3 is 3. The van der Waals surface area contributed by atoms with Crippen LogP contribution in [-0.4, -0.2) is 43.4 Å². The molecule has 1 heterocycles. The van der Waals surface area contributed by atoms with E-state index in [1.54, 1.807) is 45.6 Å². The molecule has 0 spiro atoms. The number of ether oxygens (including phenoxy) is 3. The standard InChI is InChI=1S/C21H20N4O4/c1-27-16-6-4-15(5-7-16)19-8-9-22-20(24-19)21(26)25-23-13-14-10-17(28-2)12-18(11-14)29-3/h4-13H,1-3H3,(H,25,26)/b23-13+. The number of hydrogen-bond acceptors (Lipinski definition) is 7. The number of carbonyl (C=O) groups is 1. The second kappa shape index (κ2) is 9.32. The molecule has 0 saturated heterocycles. The summed E-state index contributed by atoms with van der Waals surface area (Å²) < 4.78 is 15.6. The van der Waals surface area contributed by atoms with Crippen LogP contribution in [0.4, 0.5) is 0 Å². The molecule has 1 N–H and O–H groups in total. The number of nitrogens with one attached hydrogen (secondary N) is 1. The zero-order chi connectivity index (χ0) is 20.6. The molecule has 29 heavy (non-hydrogen) atoms. The van der Waals surface area contributed by atoms with Gasteiger partial charge in [0.15, 0.2) is 0 Å². The van der Waals surface area contributed by atoms with Crippen LogP contribution in [0.1, 0.15) is 16.2 Å². The first-order chi connectivity index (χ1) is 14.1. The van der Waals surface area contributed by atoms with Crippen molar-refractivity contribution in [2.24, 2.45) is 5.10 Å². The van der Waals surface area contributed by atoms with Crippen molar-refractivity contribution in [2.45, 2.75) is 0 Å². The Kier molecular flexibility index (Phi) is 6.36. The lowest BCUT2D eigenvalue weighted by Gasteiger charge is -2.06. The minimum absolute atomic E-state index is 0.0127. The summed E-state index contributed by atoms with van der Waals surface area (Å²) in [4.78, 5) is 20.7. The monoisotopic (exact) mass is 392 g/mol. The number of hydrazone groups is 1. The zero-order valence-electron chi connectivity index (χ0n) is 16.2. The van der Waals surface area contributed by atoms with E-state index in [1.807, 2.05) is 24.3 Å². The van der Waals surface area contributed by atoms with Crippen LogP contribution in [-0.2, 0) is 0 Å². The summed E-state index contributed by atoms with van der Waals surface area (Å²) in [5.74, 6) is 1.47. The summed E-state index contributed by atoms with van der Waals surface area (Å²) in [5, 5.41) is 3.96. The first kappa shape index (κ1) is 19.8. The van der Waals surface area contributed by atoms with Crippen molar-refractivity contribution < 1.29 is 19.0 Å². The summed E-state index contributed by atoms with van der Waals surface area (Å²) in [6.07, 6.45) is 3.01. The average molecular weight is 392 g/mol. The molecular formula is C21H20N4O4. The highest BCUT2D eigenvalue weighted by molar-refractivity contribution is 5.92. The highest BCUT2D eigenvalue weighted by atomic mass is 16.5. The molecule has 0 unspecified atom stereocenters. The molecule has 0 aliphatic heterocycles. The highest BCUT2D eigenvalue weighted by Gasteiger charge is 2.10. The molecule has 0 aliphatic carbocycles. The maximum atomic E-state index is 12.3. The van der Waals surface area contributed by atoms with Crippen molar-refractivity contribution in [3.05, 3.63) is 66.1 Å². The second-order valence-corrected chi connectivity index (χ2v) is 5.84. The van der Waals surface area contributed by atoms with Gasteiger partial charge in [-0.25, -0.2) is 15.4 Å². The van der Waals surface area contributed by atoms with Gasteiger partial charge in [0.2, 0.25) is 5.82 Å². The molecule has 0 fully saturated rings. The lowest BCUT2D eigenvalue weighted by Crippen LogP contribution is -2.20. The van der Waals surface area contributed by atoms with Crippen molar-refractivity contribution >= 4 is 12.1 Å². The van der Waals surface area contributed by atoms with E-state index in [1.165, 1.54) is 12.4 Å². The number of benzene rings is 2. The smallest absolute Gasteiger partial charge is 0.309 e.